The van der Waals surface area contributed by atoms with E-state index < -0.39 is 28.1 Å². The Labute approximate surface area is 170 Å². The van der Waals surface area contributed by atoms with E-state index in [1.54, 1.807) is 32.9 Å². The molecule has 0 aliphatic heterocycles. The lowest BCUT2D eigenvalue weighted by molar-refractivity contribution is -0.119. The monoisotopic (exact) mass is 419 g/mol. The minimum absolute atomic E-state index is 0.0772. The van der Waals surface area contributed by atoms with Crippen LogP contribution in [0.5, 0.6) is 0 Å². The highest BCUT2D eigenvalue weighted by molar-refractivity contribution is 7.89. The topological polar surface area (TPSA) is 128 Å². The first-order valence-electron chi connectivity index (χ1n) is 8.99. The maximum absolute atomic E-state index is 12.6. The van der Waals surface area contributed by atoms with Crippen LogP contribution >= 0.6 is 0 Å². The zero-order chi connectivity index (χ0) is 21.6. The molecule has 0 spiro atoms. The van der Waals surface area contributed by atoms with Gasteiger partial charge in [-0.15, -0.1) is 0 Å². The number of hydrogen-bond donors (Lipinski definition) is 3. The molecular formula is C20H25N3O5S. The lowest BCUT2D eigenvalue weighted by Gasteiger charge is -2.21. The fourth-order valence-electron chi connectivity index (χ4n) is 2.63. The molecule has 29 heavy (non-hydrogen) atoms. The number of alkyl carbamates (subject to hydrolysis) is 1. The van der Waals surface area contributed by atoms with Crippen molar-refractivity contribution >= 4 is 27.7 Å². The van der Waals surface area contributed by atoms with Gasteiger partial charge in [-0.3, -0.25) is 4.79 Å². The van der Waals surface area contributed by atoms with Gasteiger partial charge in [0.2, 0.25) is 15.9 Å². The van der Waals surface area contributed by atoms with Gasteiger partial charge in [0, 0.05) is 5.69 Å². The van der Waals surface area contributed by atoms with E-state index in [0.29, 0.717) is 5.56 Å². The molecule has 0 fully saturated rings. The van der Waals surface area contributed by atoms with Gasteiger partial charge in [-0.05, 0) is 36.1 Å². The van der Waals surface area contributed by atoms with Crippen LogP contribution in [-0.4, -0.2) is 26.5 Å². The largest absolute Gasteiger partial charge is 0.445 e. The van der Waals surface area contributed by atoms with E-state index in [0.717, 1.165) is 5.56 Å². The number of sulfonamides is 1. The van der Waals surface area contributed by atoms with Gasteiger partial charge in [0.05, 0.1) is 4.90 Å². The first kappa shape index (κ1) is 22.4. The maximum Gasteiger partial charge on any atom is 0.408 e. The average molecular weight is 420 g/mol. The van der Waals surface area contributed by atoms with Crippen LogP contribution in [0, 0.1) is 12.8 Å². The molecule has 0 aromatic heterocycles. The Balaban J connectivity index is 2.05. The second kappa shape index (κ2) is 9.53. The first-order valence-corrected chi connectivity index (χ1v) is 10.5. The molecule has 2 rings (SSSR count). The highest BCUT2D eigenvalue weighted by Crippen LogP contribution is 2.19. The normalized spacial score (nSPS) is 12.3. The second-order valence-electron chi connectivity index (χ2n) is 6.94. The molecule has 2 amide bonds. The number of carbonyl (C=O) groups excluding carboxylic acids is 2. The van der Waals surface area contributed by atoms with E-state index in [9.17, 15) is 18.0 Å². The van der Waals surface area contributed by atoms with E-state index in [2.05, 4.69) is 10.6 Å². The molecule has 0 heterocycles. The Bertz CT molecular complexity index is 975. The van der Waals surface area contributed by atoms with Gasteiger partial charge >= 0.3 is 6.09 Å². The average Bonchev–Trinajstić information content (AvgIpc) is 2.65. The summed E-state index contributed by atoms with van der Waals surface area (Å²) < 4.78 is 28.5. The van der Waals surface area contributed by atoms with Crippen molar-refractivity contribution in [3.63, 3.8) is 0 Å². The molecule has 1 atom stereocenters. The van der Waals surface area contributed by atoms with E-state index in [1.807, 2.05) is 30.3 Å². The van der Waals surface area contributed by atoms with Crippen LogP contribution in [0.4, 0.5) is 10.5 Å². The third-order valence-corrected chi connectivity index (χ3v) is 5.25. The Morgan fingerprint density at radius 3 is 2.34 bits per heavy atom. The minimum Gasteiger partial charge on any atom is -0.445 e. The number of anilines is 1. The van der Waals surface area contributed by atoms with Crippen LogP contribution in [0.15, 0.2) is 53.4 Å². The molecule has 8 nitrogen and oxygen atoms in total. The summed E-state index contributed by atoms with van der Waals surface area (Å²) in [4.78, 5) is 24.7. The van der Waals surface area contributed by atoms with Crippen molar-refractivity contribution in [1.82, 2.24) is 5.32 Å². The summed E-state index contributed by atoms with van der Waals surface area (Å²) >= 11 is 0. The molecule has 2 aromatic carbocycles. The van der Waals surface area contributed by atoms with Crippen LogP contribution in [0.3, 0.4) is 0 Å². The van der Waals surface area contributed by atoms with Gasteiger partial charge in [-0.1, -0.05) is 50.2 Å². The van der Waals surface area contributed by atoms with Gasteiger partial charge < -0.3 is 15.4 Å². The van der Waals surface area contributed by atoms with Crippen LogP contribution in [0.1, 0.15) is 25.0 Å². The molecule has 0 saturated carbocycles. The summed E-state index contributed by atoms with van der Waals surface area (Å²) in [5.74, 6) is -0.733. The maximum atomic E-state index is 12.6. The number of benzene rings is 2. The van der Waals surface area contributed by atoms with Crippen molar-refractivity contribution in [2.45, 2.75) is 38.3 Å². The molecule has 0 radical (unpaired) electrons. The third-order valence-electron chi connectivity index (χ3n) is 4.20. The molecule has 0 unspecified atom stereocenters. The lowest BCUT2D eigenvalue weighted by atomic mass is 10.0. The van der Waals surface area contributed by atoms with Gasteiger partial charge in [0.15, 0.2) is 0 Å². The molecule has 0 aliphatic rings. The molecule has 9 heteroatoms. The van der Waals surface area contributed by atoms with Gasteiger partial charge in [0.1, 0.15) is 12.6 Å². The number of primary sulfonamides is 1. The molecule has 0 bridgehead atoms. The van der Waals surface area contributed by atoms with Crippen LogP contribution in [0.2, 0.25) is 0 Å². The van der Waals surface area contributed by atoms with E-state index in [1.165, 1.54) is 6.07 Å². The number of aryl methyl sites for hydroxylation is 1. The fraction of sp³-hybridized carbons (Fsp3) is 0.300. The lowest BCUT2D eigenvalue weighted by Crippen LogP contribution is -2.47. The highest BCUT2D eigenvalue weighted by Gasteiger charge is 2.25. The molecule has 2 aromatic rings. The molecule has 156 valence electrons. The van der Waals surface area contributed by atoms with Crippen molar-refractivity contribution < 1.29 is 22.7 Å². The van der Waals surface area contributed by atoms with Crippen molar-refractivity contribution in [2.24, 2.45) is 11.1 Å². The van der Waals surface area contributed by atoms with Gasteiger partial charge in [-0.2, -0.15) is 0 Å². The number of nitrogens with two attached hydrogens (primary N) is 1. The Morgan fingerprint density at radius 1 is 1.10 bits per heavy atom. The quantitative estimate of drug-likeness (QED) is 0.635. The van der Waals surface area contributed by atoms with Gasteiger partial charge in [0.25, 0.3) is 0 Å². The van der Waals surface area contributed by atoms with Crippen LogP contribution in [-0.2, 0) is 26.2 Å². The zero-order valence-corrected chi connectivity index (χ0v) is 17.3. The Hall–Kier alpha value is -2.91. The summed E-state index contributed by atoms with van der Waals surface area (Å²) in [6.45, 7) is 5.22. The smallest absolute Gasteiger partial charge is 0.408 e. The van der Waals surface area contributed by atoms with Crippen molar-refractivity contribution in [3.05, 3.63) is 59.7 Å². The number of hydrogen-bond acceptors (Lipinski definition) is 5. The van der Waals surface area contributed by atoms with Crippen molar-refractivity contribution in [1.29, 1.82) is 0 Å². The summed E-state index contributed by atoms with van der Waals surface area (Å²) in [7, 11) is -3.92. The minimum atomic E-state index is -3.92. The molecule has 4 N–H and O–H groups in total. The molecule has 0 saturated heterocycles. The molecule has 0 aliphatic carbocycles. The third kappa shape index (κ3) is 6.58. The standard InChI is InChI=1S/C20H25N3O5S/c1-13(2)18(23-20(25)28-12-15-7-5-4-6-8-15)19(24)22-16-10-9-14(3)17(11-16)29(21,26)27/h4-11,13,18H,12H2,1-3H3,(H,22,24)(H,23,25)(H2,21,26,27)/t18-/m0/s1. The number of rotatable bonds is 7. The predicted molar refractivity (Wildman–Crippen MR) is 110 cm³/mol. The van der Waals surface area contributed by atoms with E-state index >= 15 is 0 Å². The summed E-state index contributed by atoms with van der Waals surface area (Å²) in [5, 5.41) is 10.4. The van der Waals surface area contributed by atoms with Crippen LogP contribution in [0.25, 0.3) is 0 Å². The highest BCUT2D eigenvalue weighted by atomic mass is 32.2. The predicted octanol–water partition coefficient (Wildman–Crippen LogP) is 2.53. The molecular weight excluding hydrogens is 394 g/mol. The summed E-state index contributed by atoms with van der Waals surface area (Å²) in [6, 6.07) is 12.7. The summed E-state index contributed by atoms with van der Waals surface area (Å²) in [5.41, 5.74) is 1.55. The van der Waals surface area contributed by atoms with E-state index in [4.69, 9.17) is 9.88 Å². The van der Waals surface area contributed by atoms with E-state index in [-0.39, 0.29) is 23.1 Å². The Morgan fingerprint density at radius 2 is 1.76 bits per heavy atom. The number of carbonyl (C=O) groups is 2. The number of ether oxygens (including phenoxy) is 1. The number of nitrogens with one attached hydrogen (secondary N) is 2. The van der Waals surface area contributed by atoms with Crippen molar-refractivity contribution in [3.8, 4) is 0 Å². The van der Waals surface area contributed by atoms with Gasteiger partial charge in [-0.25, -0.2) is 18.4 Å². The SMILES string of the molecule is Cc1ccc(NC(=O)[C@@H](NC(=O)OCc2ccccc2)C(C)C)cc1S(N)(=O)=O. The Kier molecular flexibility index (Phi) is 7.35. The first-order chi connectivity index (χ1) is 13.6. The van der Waals surface area contributed by atoms with Crippen LogP contribution < -0.4 is 15.8 Å². The number of amides is 2. The van der Waals surface area contributed by atoms with Crippen molar-refractivity contribution in [2.75, 3.05) is 5.32 Å². The summed E-state index contributed by atoms with van der Waals surface area (Å²) in [6.07, 6.45) is -0.725. The zero-order valence-electron chi connectivity index (χ0n) is 16.5. The fourth-order valence-corrected chi connectivity index (χ4v) is 3.44. The second-order valence-corrected chi connectivity index (χ2v) is 8.47.